The fraction of sp³-hybridized carbons (Fsp3) is 0.714. The highest BCUT2D eigenvalue weighted by molar-refractivity contribution is 5.79. The average molecular weight is 808 g/mol. The molecule has 0 amide bonds. The fourth-order valence-corrected chi connectivity index (χ4v) is 4.95. The van der Waals surface area contributed by atoms with Gasteiger partial charge in [0.15, 0.2) is 0 Å². The van der Waals surface area contributed by atoms with Gasteiger partial charge in [-0.05, 0) is 109 Å². The normalized spacial score (nSPS) is 13.2. The van der Waals surface area contributed by atoms with Crippen LogP contribution < -0.4 is 0 Å². The molecule has 0 aliphatic heterocycles. The van der Waals surface area contributed by atoms with Gasteiger partial charge in [0, 0.05) is 19.6 Å². The van der Waals surface area contributed by atoms with Crippen molar-refractivity contribution in [3.8, 4) is 0 Å². The first kappa shape index (κ1) is 50.9. The molecular formula is C42H69N3O12. The van der Waals surface area contributed by atoms with E-state index in [1.54, 1.807) is 133 Å². The maximum Gasteiger partial charge on any atom is 0.325 e. The first-order valence-electron chi connectivity index (χ1n) is 19.3. The number of rotatable bonds is 19. The molecule has 15 heteroatoms. The molecule has 0 heterocycles. The molecule has 324 valence electrons. The molecular weight excluding hydrogens is 738 g/mol. The second-order valence-corrected chi connectivity index (χ2v) is 19.0. The van der Waals surface area contributed by atoms with E-state index in [1.165, 1.54) is 9.80 Å². The van der Waals surface area contributed by atoms with Gasteiger partial charge in [0.05, 0.1) is 25.0 Å². The number of carbonyl (C=O) groups is 6. The molecule has 0 radical (unpaired) electrons. The monoisotopic (exact) mass is 807 g/mol. The Balaban J connectivity index is 3.72. The summed E-state index contributed by atoms with van der Waals surface area (Å²) in [6, 6.07) is 7.68. The average Bonchev–Trinajstić information content (AvgIpc) is 2.99. The fourth-order valence-electron chi connectivity index (χ4n) is 4.95. The minimum Gasteiger partial charge on any atom is -0.460 e. The van der Waals surface area contributed by atoms with Crippen LogP contribution in [0.5, 0.6) is 0 Å². The van der Waals surface area contributed by atoms with Crippen LogP contribution in [0.25, 0.3) is 0 Å². The van der Waals surface area contributed by atoms with Crippen LogP contribution in [0.15, 0.2) is 30.3 Å². The molecule has 0 unspecified atom stereocenters. The Kier molecular flexibility index (Phi) is 19.3. The van der Waals surface area contributed by atoms with E-state index in [9.17, 15) is 28.8 Å². The standard InChI is InChI=1S/C42H69N3O12/c1-38(2,3)37(51)53-29-45(27-35(49)57-42(13,14)15)31(36(50)52-28-30-19-17-16-18-20-30)23-43(24-32(46)54-39(4,5)6)21-22-44(25-33(47)55-40(7,8)9)26-34(48)56-41(10,11)12/h16-20,31H,21-29H2,1-15H3/t31-/m1/s1. The van der Waals surface area contributed by atoms with Crippen LogP contribution in [-0.2, 0) is 63.8 Å². The molecule has 0 aliphatic rings. The summed E-state index contributed by atoms with van der Waals surface area (Å²) in [5.41, 5.74) is -3.51. The lowest BCUT2D eigenvalue weighted by atomic mass is 9.97. The summed E-state index contributed by atoms with van der Waals surface area (Å²) in [5.74, 6) is -3.86. The van der Waals surface area contributed by atoms with Gasteiger partial charge in [-0.2, -0.15) is 0 Å². The lowest BCUT2D eigenvalue weighted by Crippen LogP contribution is -2.54. The van der Waals surface area contributed by atoms with Gasteiger partial charge in [-0.25, -0.2) is 4.90 Å². The number of nitrogens with zero attached hydrogens (tertiary/aromatic N) is 3. The Labute approximate surface area is 339 Å². The molecule has 1 aromatic rings. The summed E-state index contributed by atoms with van der Waals surface area (Å²) < 4.78 is 33.7. The van der Waals surface area contributed by atoms with Gasteiger partial charge >= 0.3 is 35.8 Å². The van der Waals surface area contributed by atoms with Crippen LogP contribution in [0, 0.1) is 5.41 Å². The van der Waals surface area contributed by atoms with Crippen molar-refractivity contribution in [2.45, 2.75) is 139 Å². The molecule has 57 heavy (non-hydrogen) atoms. The predicted octanol–water partition coefficient (Wildman–Crippen LogP) is 4.92. The number of benzene rings is 1. The number of carbonyl (C=O) groups excluding carboxylic acids is 6. The molecule has 0 spiro atoms. The van der Waals surface area contributed by atoms with E-state index >= 15 is 0 Å². The highest BCUT2D eigenvalue weighted by Crippen LogP contribution is 2.18. The highest BCUT2D eigenvalue weighted by atomic mass is 16.6. The lowest BCUT2D eigenvalue weighted by Gasteiger charge is -2.35. The van der Waals surface area contributed by atoms with Crippen molar-refractivity contribution in [1.82, 2.24) is 14.7 Å². The van der Waals surface area contributed by atoms with Gasteiger partial charge in [-0.3, -0.25) is 38.6 Å². The van der Waals surface area contributed by atoms with Gasteiger partial charge in [0.2, 0.25) is 0 Å². The quantitative estimate of drug-likeness (QED) is 0.105. The topological polar surface area (TPSA) is 168 Å². The molecule has 0 bridgehead atoms. The van der Waals surface area contributed by atoms with Crippen molar-refractivity contribution >= 4 is 35.8 Å². The molecule has 1 atom stereocenters. The molecule has 0 N–H and O–H groups in total. The van der Waals surface area contributed by atoms with E-state index in [-0.39, 0.29) is 45.9 Å². The minimum atomic E-state index is -1.30. The summed E-state index contributed by atoms with van der Waals surface area (Å²) >= 11 is 0. The minimum absolute atomic E-state index is 0.00929. The number of ether oxygens (including phenoxy) is 6. The van der Waals surface area contributed by atoms with E-state index in [0.29, 0.717) is 5.56 Å². The first-order valence-corrected chi connectivity index (χ1v) is 19.3. The van der Waals surface area contributed by atoms with Gasteiger partial charge in [-0.15, -0.1) is 0 Å². The maximum atomic E-state index is 14.2. The van der Waals surface area contributed by atoms with E-state index in [1.807, 2.05) is 6.07 Å². The third kappa shape index (κ3) is 24.3. The molecule has 0 aromatic heterocycles. The molecule has 0 saturated carbocycles. The van der Waals surface area contributed by atoms with Crippen LogP contribution in [0.3, 0.4) is 0 Å². The number of hydrogen-bond acceptors (Lipinski definition) is 15. The predicted molar refractivity (Wildman–Crippen MR) is 213 cm³/mol. The SMILES string of the molecule is CC(C)(C)OC(=O)CN(CCN(CC(=O)OC(C)(C)C)C[C@H](C(=O)OCc1ccccc1)N(COC(=O)C(C)(C)C)CC(=O)OC(C)(C)C)CC(=O)OC(C)(C)C. The van der Waals surface area contributed by atoms with Crippen LogP contribution in [0.1, 0.15) is 109 Å². The van der Waals surface area contributed by atoms with Gasteiger partial charge in [0.25, 0.3) is 0 Å². The van der Waals surface area contributed by atoms with Crippen LogP contribution >= 0.6 is 0 Å². The van der Waals surface area contributed by atoms with Crippen LogP contribution in [-0.4, -0.2) is 132 Å². The zero-order valence-electron chi connectivity index (χ0n) is 37.1. The summed E-state index contributed by atoms with van der Waals surface area (Å²) in [6.45, 7) is 23.4. The lowest BCUT2D eigenvalue weighted by molar-refractivity contribution is -0.172. The van der Waals surface area contributed by atoms with Crippen molar-refractivity contribution in [2.75, 3.05) is 52.5 Å². The van der Waals surface area contributed by atoms with E-state index in [0.717, 1.165) is 0 Å². The second-order valence-electron chi connectivity index (χ2n) is 19.0. The van der Waals surface area contributed by atoms with Gasteiger partial charge < -0.3 is 28.4 Å². The Bertz CT molecular complexity index is 1450. The number of hydrogen-bond donors (Lipinski definition) is 0. The smallest absolute Gasteiger partial charge is 0.325 e. The van der Waals surface area contributed by atoms with Crippen molar-refractivity contribution < 1.29 is 57.2 Å². The maximum absolute atomic E-state index is 14.2. The van der Waals surface area contributed by atoms with Crippen molar-refractivity contribution in [2.24, 2.45) is 5.41 Å². The van der Waals surface area contributed by atoms with Crippen molar-refractivity contribution in [1.29, 1.82) is 0 Å². The Hall–Kier alpha value is -4.08. The largest absolute Gasteiger partial charge is 0.460 e. The van der Waals surface area contributed by atoms with E-state index < -0.39 is 83.0 Å². The highest BCUT2D eigenvalue weighted by Gasteiger charge is 2.36. The molecule has 0 aliphatic carbocycles. The Morgan fingerprint density at radius 1 is 0.526 bits per heavy atom. The number of esters is 6. The summed E-state index contributed by atoms with van der Waals surface area (Å²) in [6.07, 6.45) is 0. The summed E-state index contributed by atoms with van der Waals surface area (Å²) in [5, 5.41) is 0. The van der Waals surface area contributed by atoms with E-state index in [4.69, 9.17) is 28.4 Å². The van der Waals surface area contributed by atoms with Crippen LogP contribution in [0.2, 0.25) is 0 Å². The second kappa shape index (κ2) is 21.6. The third-order valence-corrected chi connectivity index (χ3v) is 7.14. The van der Waals surface area contributed by atoms with Crippen molar-refractivity contribution in [3.05, 3.63) is 35.9 Å². The van der Waals surface area contributed by atoms with Crippen molar-refractivity contribution in [3.63, 3.8) is 0 Å². The molecule has 1 rings (SSSR count). The molecule has 0 fully saturated rings. The summed E-state index contributed by atoms with van der Waals surface area (Å²) in [7, 11) is 0. The molecule has 0 saturated heterocycles. The summed E-state index contributed by atoms with van der Waals surface area (Å²) in [4.78, 5) is 84.3. The first-order chi connectivity index (χ1) is 25.8. The van der Waals surface area contributed by atoms with E-state index in [2.05, 4.69) is 0 Å². The van der Waals surface area contributed by atoms with Gasteiger partial charge in [0.1, 0.15) is 48.3 Å². The van der Waals surface area contributed by atoms with Gasteiger partial charge in [-0.1, -0.05) is 30.3 Å². The molecule has 15 nitrogen and oxygen atoms in total. The molecule has 1 aromatic carbocycles. The zero-order chi connectivity index (χ0) is 44.0. The Morgan fingerprint density at radius 3 is 1.32 bits per heavy atom. The Morgan fingerprint density at radius 2 is 0.912 bits per heavy atom. The third-order valence-electron chi connectivity index (χ3n) is 7.14. The zero-order valence-corrected chi connectivity index (χ0v) is 37.1. The van der Waals surface area contributed by atoms with Crippen LogP contribution in [0.4, 0.5) is 0 Å².